The van der Waals surface area contributed by atoms with E-state index in [2.05, 4.69) is 26.2 Å². The lowest BCUT2D eigenvalue weighted by Gasteiger charge is -2.15. The summed E-state index contributed by atoms with van der Waals surface area (Å²) in [6.45, 7) is 1.91. The quantitative estimate of drug-likeness (QED) is 0.913. The van der Waals surface area contributed by atoms with E-state index in [1.807, 2.05) is 31.2 Å². The van der Waals surface area contributed by atoms with E-state index in [0.29, 0.717) is 5.56 Å². The fourth-order valence-electron chi connectivity index (χ4n) is 1.74. The highest BCUT2D eigenvalue weighted by atomic mass is 79.9. The summed E-state index contributed by atoms with van der Waals surface area (Å²) < 4.78 is 0.948. The summed E-state index contributed by atoms with van der Waals surface area (Å²) in [5.41, 5.74) is 1.20. The molecular weight excluding hydrogens is 308 g/mol. The van der Waals surface area contributed by atoms with Gasteiger partial charge >= 0.3 is 0 Å². The Labute approximate surface area is 119 Å². The number of H-pyrrole nitrogens is 1. The van der Waals surface area contributed by atoms with Gasteiger partial charge < -0.3 is 10.3 Å². The summed E-state index contributed by atoms with van der Waals surface area (Å²) >= 11 is 3.45. The number of carbonyl (C=O) groups is 1. The number of aromatic nitrogens is 1. The number of benzene rings is 1. The number of carbonyl (C=O) groups excluding carboxylic acids is 1. The average Bonchev–Trinajstić information content (AvgIpc) is 2.39. The lowest BCUT2D eigenvalue weighted by Crippen LogP contribution is -2.27. The Morgan fingerprint density at radius 2 is 2.00 bits per heavy atom. The largest absolute Gasteiger partial charge is 0.345 e. The molecule has 2 N–H and O–H groups in total. The first-order valence-electron chi connectivity index (χ1n) is 5.82. The van der Waals surface area contributed by atoms with Crippen molar-refractivity contribution in [3.8, 4) is 0 Å². The Hall–Kier alpha value is -1.88. The van der Waals surface area contributed by atoms with Gasteiger partial charge in [0, 0.05) is 16.7 Å². The van der Waals surface area contributed by atoms with E-state index in [1.54, 1.807) is 0 Å². The number of halogens is 1. The van der Waals surface area contributed by atoms with Crippen molar-refractivity contribution in [2.45, 2.75) is 13.0 Å². The Bertz CT molecular complexity index is 631. The lowest BCUT2D eigenvalue weighted by atomic mass is 10.1. The van der Waals surface area contributed by atoms with Crippen LogP contribution in [0.5, 0.6) is 0 Å². The lowest BCUT2D eigenvalue weighted by molar-refractivity contribution is 0.0939. The maximum Gasteiger partial charge on any atom is 0.253 e. The van der Waals surface area contributed by atoms with Crippen LogP contribution in [0, 0.1) is 0 Å². The first-order chi connectivity index (χ1) is 9.08. The van der Waals surface area contributed by atoms with E-state index in [0.717, 1.165) is 10.0 Å². The van der Waals surface area contributed by atoms with Crippen LogP contribution in [0.25, 0.3) is 0 Å². The smallest absolute Gasteiger partial charge is 0.253 e. The van der Waals surface area contributed by atoms with Crippen LogP contribution in [0.2, 0.25) is 0 Å². The minimum Gasteiger partial charge on any atom is -0.345 e. The summed E-state index contributed by atoms with van der Waals surface area (Å²) in [5.74, 6) is -0.223. The highest BCUT2D eigenvalue weighted by Gasteiger charge is 2.13. The van der Waals surface area contributed by atoms with Gasteiger partial charge in [-0.2, -0.15) is 0 Å². The van der Waals surface area contributed by atoms with Crippen molar-refractivity contribution in [2.75, 3.05) is 0 Å². The summed E-state index contributed by atoms with van der Waals surface area (Å²) in [6.07, 6.45) is 1.41. The van der Waals surface area contributed by atoms with Gasteiger partial charge in [-0.15, -0.1) is 0 Å². The van der Waals surface area contributed by atoms with Crippen LogP contribution < -0.4 is 10.9 Å². The van der Waals surface area contributed by atoms with Crippen molar-refractivity contribution in [3.63, 3.8) is 0 Å². The molecule has 1 heterocycles. The van der Waals surface area contributed by atoms with Gasteiger partial charge in [0.2, 0.25) is 5.56 Å². The second-order valence-electron chi connectivity index (χ2n) is 4.16. The molecule has 0 spiro atoms. The first-order valence-corrected chi connectivity index (χ1v) is 6.61. The number of hydrogen-bond acceptors (Lipinski definition) is 2. The standard InChI is InChI=1S/C14H13BrN2O2/c1-9(11-4-2-3-5-12(11)15)17-14(19)10-6-7-13(18)16-8-10/h2-9H,1H3,(H,16,18)(H,17,19). The van der Waals surface area contributed by atoms with E-state index in [1.165, 1.54) is 18.3 Å². The van der Waals surface area contributed by atoms with Gasteiger partial charge in [-0.3, -0.25) is 9.59 Å². The highest BCUT2D eigenvalue weighted by molar-refractivity contribution is 9.10. The van der Waals surface area contributed by atoms with Crippen molar-refractivity contribution in [2.24, 2.45) is 0 Å². The van der Waals surface area contributed by atoms with Crippen molar-refractivity contribution in [1.29, 1.82) is 0 Å². The van der Waals surface area contributed by atoms with Crippen molar-refractivity contribution in [1.82, 2.24) is 10.3 Å². The van der Waals surface area contributed by atoms with Gasteiger partial charge in [-0.05, 0) is 24.6 Å². The monoisotopic (exact) mass is 320 g/mol. The number of nitrogens with one attached hydrogen (secondary N) is 2. The molecule has 2 aromatic rings. The van der Waals surface area contributed by atoms with Crippen molar-refractivity contribution < 1.29 is 4.79 Å². The van der Waals surface area contributed by atoms with Gasteiger partial charge in [-0.1, -0.05) is 34.1 Å². The van der Waals surface area contributed by atoms with Crippen LogP contribution in [-0.2, 0) is 0 Å². The average molecular weight is 321 g/mol. The topological polar surface area (TPSA) is 62.0 Å². The minimum atomic E-state index is -0.226. The molecular formula is C14H13BrN2O2. The molecule has 0 radical (unpaired) electrons. The fourth-order valence-corrected chi connectivity index (χ4v) is 2.36. The van der Waals surface area contributed by atoms with Gasteiger partial charge in [0.05, 0.1) is 11.6 Å². The van der Waals surface area contributed by atoms with Crippen LogP contribution in [-0.4, -0.2) is 10.9 Å². The van der Waals surface area contributed by atoms with E-state index in [4.69, 9.17) is 0 Å². The summed E-state index contributed by atoms with van der Waals surface area (Å²) in [6, 6.07) is 10.4. The third-order valence-corrected chi connectivity index (χ3v) is 3.49. The third kappa shape index (κ3) is 3.32. The Morgan fingerprint density at radius 1 is 1.26 bits per heavy atom. The van der Waals surface area contributed by atoms with Gasteiger partial charge in [0.15, 0.2) is 0 Å². The van der Waals surface area contributed by atoms with Gasteiger partial charge in [0.1, 0.15) is 0 Å². The van der Waals surface area contributed by atoms with E-state index < -0.39 is 0 Å². The fraction of sp³-hybridized carbons (Fsp3) is 0.143. The van der Waals surface area contributed by atoms with Gasteiger partial charge in [0.25, 0.3) is 5.91 Å². The molecule has 1 unspecified atom stereocenters. The zero-order valence-corrected chi connectivity index (χ0v) is 11.9. The molecule has 1 amide bonds. The minimum absolute atomic E-state index is 0.130. The van der Waals surface area contributed by atoms with E-state index in [-0.39, 0.29) is 17.5 Å². The van der Waals surface area contributed by atoms with E-state index in [9.17, 15) is 9.59 Å². The van der Waals surface area contributed by atoms with Crippen molar-refractivity contribution >= 4 is 21.8 Å². The molecule has 4 nitrogen and oxygen atoms in total. The molecule has 2 rings (SSSR count). The van der Waals surface area contributed by atoms with E-state index >= 15 is 0 Å². The first kappa shape index (κ1) is 13.5. The molecule has 0 aliphatic rings. The Balaban J connectivity index is 2.13. The molecule has 1 aromatic heterocycles. The SMILES string of the molecule is CC(NC(=O)c1ccc(=O)[nH]c1)c1ccccc1Br. The van der Waals surface area contributed by atoms with Crippen molar-refractivity contribution in [3.05, 3.63) is 68.5 Å². The number of amides is 1. The molecule has 1 atom stereocenters. The molecule has 98 valence electrons. The zero-order chi connectivity index (χ0) is 13.8. The molecule has 1 aromatic carbocycles. The molecule has 0 aliphatic heterocycles. The Kier molecular flexibility index (Phi) is 4.16. The summed E-state index contributed by atoms with van der Waals surface area (Å²) in [7, 11) is 0. The van der Waals surface area contributed by atoms with Gasteiger partial charge in [-0.25, -0.2) is 0 Å². The molecule has 0 bridgehead atoms. The highest BCUT2D eigenvalue weighted by Crippen LogP contribution is 2.22. The predicted molar refractivity (Wildman–Crippen MR) is 77.1 cm³/mol. The van der Waals surface area contributed by atoms with Crippen LogP contribution in [0.3, 0.4) is 0 Å². The van der Waals surface area contributed by atoms with Crippen LogP contribution in [0.4, 0.5) is 0 Å². The third-order valence-electron chi connectivity index (χ3n) is 2.77. The predicted octanol–water partition coefficient (Wildman–Crippen LogP) is 2.63. The zero-order valence-electron chi connectivity index (χ0n) is 10.3. The molecule has 0 fully saturated rings. The molecule has 0 aliphatic carbocycles. The number of pyridine rings is 1. The maximum atomic E-state index is 12.0. The molecule has 0 saturated heterocycles. The van der Waals surface area contributed by atoms with Crippen LogP contribution in [0.1, 0.15) is 28.9 Å². The molecule has 19 heavy (non-hydrogen) atoms. The summed E-state index contributed by atoms with van der Waals surface area (Å²) in [4.78, 5) is 25.4. The number of rotatable bonds is 3. The maximum absolute atomic E-state index is 12.0. The van der Waals surface area contributed by atoms with Crippen LogP contribution in [0.15, 0.2) is 51.9 Å². The second kappa shape index (κ2) is 5.84. The molecule has 0 saturated carbocycles. The number of hydrogen-bond donors (Lipinski definition) is 2. The second-order valence-corrected chi connectivity index (χ2v) is 5.01. The molecule has 5 heteroatoms. The Morgan fingerprint density at radius 3 is 2.63 bits per heavy atom. The number of aromatic amines is 1. The summed E-state index contributed by atoms with van der Waals surface area (Å²) in [5, 5.41) is 2.88. The normalized spacial score (nSPS) is 11.9. The van der Waals surface area contributed by atoms with Crippen LogP contribution >= 0.6 is 15.9 Å².